The molecule has 5 heteroatoms. The van der Waals surface area contributed by atoms with E-state index in [1.807, 2.05) is 36.4 Å². The van der Waals surface area contributed by atoms with Gasteiger partial charge in [0.2, 0.25) is 0 Å². The summed E-state index contributed by atoms with van der Waals surface area (Å²) in [7, 11) is 0. The minimum absolute atomic E-state index is 0.533. The van der Waals surface area contributed by atoms with Crippen LogP contribution in [0.3, 0.4) is 0 Å². The van der Waals surface area contributed by atoms with Crippen molar-refractivity contribution in [1.82, 2.24) is 10.2 Å². The molecule has 1 saturated heterocycles. The summed E-state index contributed by atoms with van der Waals surface area (Å²) in [5.41, 5.74) is 1.89. The molecule has 4 nitrogen and oxygen atoms in total. The molecule has 1 aromatic heterocycles. The number of fused-ring (bicyclic) bond motifs is 1. The average molecular weight is 354 g/mol. The van der Waals surface area contributed by atoms with Gasteiger partial charge in [-0.2, -0.15) is 0 Å². The van der Waals surface area contributed by atoms with Gasteiger partial charge in [-0.15, -0.1) is 10.2 Å². The van der Waals surface area contributed by atoms with E-state index in [4.69, 9.17) is 16.3 Å². The minimum atomic E-state index is 0.533. The minimum Gasteiger partial charge on any atom is -0.381 e. The topological polar surface area (TPSA) is 47.0 Å². The molecule has 0 radical (unpaired) electrons. The highest BCUT2D eigenvalue weighted by molar-refractivity contribution is 6.30. The maximum atomic E-state index is 6.00. The lowest BCUT2D eigenvalue weighted by Crippen LogP contribution is -2.24. The molecule has 1 N–H and O–H groups in total. The third kappa shape index (κ3) is 3.60. The number of anilines is 1. The van der Waals surface area contributed by atoms with Crippen LogP contribution >= 0.6 is 11.6 Å². The van der Waals surface area contributed by atoms with Crippen LogP contribution in [-0.2, 0) is 4.74 Å². The average Bonchev–Trinajstić information content (AvgIpc) is 2.68. The van der Waals surface area contributed by atoms with E-state index < -0.39 is 0 Å². The van der Waals surface area contributed by atoms with Gasteiger partial charge in [-0.05, 0) is 30.9 Å². The van der Waals surface area contributed by atoms with Crippen LogP contribution in [0.15, 0.2) is 48.5 Å². The van der Waals surface area contributed by atoms with Gasteiger partial charge < -0.3 is 10.1 Å². The maximum Gasteiger partial charge on any atom is 0.156 e. The Hall–Kier alpha value is -2.17. The lowest BCUT2D eigenvalue weighted by atomic mass is 10.0. The molecule has 0 saturated carbocycles. The molecule has 1 aliphatic heterocycles. The number of rotatable bonds is 4. The highest BCUT2D eigenvalue weighted by atomic mass is 35.5. The smallest absolute Gasteiger partial charge is 0.156 e. The number of ether oxygens (including phenoxy) is 1. The van der Waals surface area contributed by atoms with Crippen LogP contribution in [0.2, 0.25) is 5.02 Å². The Kier molecular flexibility index (Phi) is 4.81. The van der Waals surface area contributed by atoms with E-state index in [9.17, 15) is 0 Å². The summed E-state index contributed by atoms with van der Waals surface area (Å²) in [4.78, 5) is 0. The van der Waals surface area contributed by atoms with Gasteiger partial charge in [0.25, 0.3) is 0 Å². The van der Waals surface area contributed by atoms with Gasteiger partial charge in [-0.3, -0.25) is 0 Å². The molecule has 1 aliphatic rings. The standard InChI is InChI=1S/C20H20ClN3O/c21-16-9-7-15(8-10-16)19-17-5-1-2-6-18(17)20(24-23-19)22-12-14-4-3-11-25-13-14/h1-2,5-10,14H,3-4,11-13H2,(H,22,24). The Morgan fingerprint density at radius 3 is 2.60 bits per heavy atom. The van der Waals surface area contributed by atoms with E-state index in [0.29, 0.717) is 10.9 Å². The maximum absolute atomic E-state index is 6.00. The highest BCUT2D eigenvalue weighted by Crippen LogP contribution is 2.30. The second kappa shape index (κ2) is 7.38. The van der Waals surface area contributed by atoms with Crippen molar-refractivity contribution in [2.24, 2.45) is 5.92 Å². The number of hydrogen-bond donors (Lipinski definition) is 1. The summed E-state index contributed by atoms with van der Waals surface area (Å²) in [5.74, 6) is 1.36. The molecule has 0 aliphatic carbocycles. The van der Waals surface area contributed by atoms with Crippen LogP contribution in [0.4, 0.5) is 5.82 Å². The molecular weight excluding hydrogens is 334 g/mol. The third-order valence-corrected chi connectivity index (χ3v) is 4.87. The van der Waals surface area contributed by atoms with Gasteiger partial charge in [0.05, 0.1) is 6.61 Å². The Morgan fingerprint density at radius 1 is 1.04 bits per heavy atom. The van der Waals surface area contributed by atoms with Crippen LogP contribution in [-0.4, -0.2) is 30.0 Å². The van der Waals surface area contributed by atoms with Crippen molar-refractivity contribution < 1.29 is 4.74 Å². The largest absolute Gasteiger partial charge is 0.381 e. The van der Waals surface area contributed by atoms with Crippen molar-refractivity contribution in [2.75, 3.05) is 25.1 Å². The summed E-state index contributed by atoms with van der Waals surface area (Å²) < 4.78 is 5.56. The molecule has 0 bridgehead atoms. The first kappa shape index (κ1) is 16.3. The van der Waals surface area contributed by atoms with Gasteiger partial charge in [0.1, 0.15) is 5.69 Å². The predicted octanol–water partition coefficient (Wildman–Crippen LogP) is 4.79. The van der Waals surface area contributed by atoms with Gasteiger partial charge in [0, 0.05) is 34.5 Å². The van der Waals surface area contributed by atoms with E-state index >= 15 is 0 Å². The monoisotopic (exact) mass is 353 g/mol. The van der Waals surface area contributed by atoms with E-state index in [0.717, 1.165) is 54.0 Å². The van der Waals surface area contributed by atoms with Crippen LogP contribution in [0, 0.1) is 5.92 Å². The van der Waals surface area contributed by atoms with Gasteiger partial charge in [-0.25, -0.2) is 0 Å². The highest BCUT2D eigenvalue weighted by Gasteiger charge is 2.15. The molecule has 3 aromatic rings. The predicted molar refractivity (Wildman–Crippen MR) is 102 cm³/mol. The summed E-state index contributed by atoms with van der Waals surface area (Å²) in [5, 5.41) is 15.3. The Labute approximate surface area is 152 Å². The SMILES string of the molecule is Clc1ccc(-c2nnc(NCC3CCCOC3)c3ccccc23)cc1. The second-order valence-corrected chi connectivity index (χ2v) is 6.85. The van der Waals surface area contributed by atoms with Crippen LogP contribution in [0.1, 0.15) is 12.8 Å². The third-order valence-electron chi connectivity index (χ3n) is 4.62. The Bertz CT molecular complexity index is 860. The van der Waals surface area contributed by atoms with Crippen molar-refractivity contribution in [3.8, 4) is 11.3 Å². The van der Waals surface area contributed by atoms with Crippen LogP contribution < -0.4 is 5.32 Å². The van der Waals surface area contributed by atoms with E-state index in [2.05, 4.69) is 27.6 Å². The van der Waals surface area contributed by atoms with E-state index in [-0.39, 0.29) is 0 Å². The first-order valence-electron chi connectivity index (χ1n) is 8.64. The Morgan fingerprint density at radius 2 is 1.84 bits per heavy atom. The molecule has 4 rings (SSSR count). The molecule has 25 heavy (non-hydrogen) atoms. The number of halogens is 1. The number of benzene rings is 2. The van der Waals surface area contributed by atoms with Gasteiger partial charge in [-0.1, -0.05) is 48.0 Å². The van der Waals surface area contributed by atoms with Crippen molar-refractivity contribution >= 4 is 28.2 Å². The number of aromatic nitrogens is 2. The van der Waals surface area contributed by atoms with Crippen molar-refractivity contribution in [3.63, 3.8) is 0 Å². The summed E-state index contributed by atoms with van der Waals surface area (Å²) in [6, 6.07) is 15.9. The number of nitrogens with one attached hydrogen (secondary N) is 1. The van der Waals surface area contributed by atoms with E-state index in [1.165, 1.54) is 6.42 Å². The zero-order chi connectivity index (χ0) is 17.1. The second-order valence-electron chi connectivity index (χ2n) is 6.41. The zero-order valence-corrected chi connectivity index (χ0v) is 14.7. The van der Waals surface area contributed by atoms with Gasteiger partial charge in [0.15, 0.2) is 5.82 Å². The molecule has 1 unspecified atom stereocenters. The van der Waals surface area contributed by atoms with Crippen LogP contribution in [0.25, 0.3) is 22.0 Å². The summed E-state index contributed by atoms with van der Waals surface area (Å²) in [6.07, 6.45) is 2.33. The molecule has 1 atom stereocenters. The first-order chi connectivity index (χ1) is 12.3. The normalized spacial score (nSPS) is 17.6. The molecule has 128 valence electrons. The fourth-order valence-electron chi connectivity index (χ4n) is 3.26. The summed E-state index contributed by atoms with van der Waals surface area (Å²) >= 11 is 6.00. The fourth-order valence-corrected chi connectivity index (χ4v) is 3.39. The van der Waals surface area contributed by atoms with Gasteiger partial charge >= 0.3 is 0 Å². The molecular formula is C20H20ClN3O. The van der Waals surface area contributed by atoms with E-state index in [1.54, 1.807) is 0 Å². The molecule has 0 amide bonds. The van der Waals surface area contributed by atoms with Crippen LogP contribution in [0.5, 0.6) is 0 Å². The van der Waals surface area contributed by atoms with Crippen molar-refractivity contribution in [1.29, 1.82) is 0 Å². The molecule has 0 spiro atoms. The first-order valence-corrected chi connectivity index (χ1v) is 9.02. The lowest BCUT2D eigenvalue weighted by Gasteiger charge is -2.22. The molecule has 2 aromatic carbocycles. The summed E-state index contributed by atoms with van der Waals surface area (Å²) in [6.45, 7) is 2.56. The molecule has 1 fully saturated rings. The number of nitrogens with zero attached hydrogens (tertiary/aromatic N) is 2. The van der Waals surface area contributed by atoms with Crippen molar-refractivity contribution in [2.45, 2.75) is 12.8 Å². The Balaban J connectivity index is 1.65. The quantitative estimate of drug-likeness (QED) is 0.732. The lowest BCUT2D eigenvalue weighted by molar-refractivity contribution is 0.0595. The fraction of sp³-hybridized carbons (Fsp3) is 0.300. The van der Waals surface area contributed by atoms with Crippen molar-refractivity contribution in [3.05, 3.63) is 53.6 Å². The number of hydrogen-bond acceptors (Lipinski definition) is 4. The zero-order valence-electron chi connectivity index (χ0n) is 13.9. The molecule has 2 heterocycles.